The Labute approximate surface area is 196 Å². The highest BCUT2D eigenvalue weighted by Gasteiger charge is 2.25. The molecule has 3 heterocycles. The Hall–Kier alpha value is -4.60. The molecule has 5 aromatic rings. The van der Waals surface area contributed by atoms with Crippen molar-refractivity contribution in [3.05, 3.63) is 91.8 Å². The number of halogens is 2. The van der Waals surface area contributed by atoms with Gasteiger partial charge in [-0.3, -0.25) is 19.4 Å². The number of Topliss-reactive ketones (excluding diaryl/α,β-unsaturated/α-hetero) is 1. The summed E-state index contributed by atoms with van der Waals surface area (Å²) in [4.78, 5) is 46.8. The van der Waals surface area contributed by atoms with Gasteiger partial charge in [-0.1, -0.05) is 0 Å². The fourth-order valence-electron chi connectivity index (χ4n) is 4.41. The average Bonchev–Trinajstić information content (AvgIpc) is 3.08. The lowest BCUT2D eigenvalue weighted by molar-refractivity contribution is 0.101. The van der Waals surface area contributed by atoms with Crippen LogP contribution in [0.15, 0.2) is 52.2 Å². The van der Waals surface area contributed by atoms with Gasteiger partial charge in [-0.05, 0) is 42.8 Å². The first-order valence-corrected chi connectivity index (χ1v) is 10.6. The molecule has 0 saturated heterocycles. The van der Waals surface area contributed by atoms with Crippen LogP contribution in [0.4, 0.5) is 14.7 Å². The molecule has 0 bridgehead atoms. The number of nitrogens with one attached hydrogen (secondary N) is 2. The first kappa shape index (κ1) is 22.2. The third kappa shape index (κ3) is 3.59. The number of nitrogens with two attached hydrogens (primary N) is 1. The molecule has 2 aromatic carbocycles. The molecule has 0 radical (unpaired) electrons. The van der Waals surface area contributed by atoms with E-state index in [4.69, 9.17) is 5.73 Å². The highest BCUT2D eigenvalue weighted by molar-refractivity contribution is 6.10. The van der Waals surface area contributed by atoms with E-state index in [9.17, 15) is 18.8 Å². The van der Waals surface area contributed by atoms with Gasteiger partial charge in [-0.15, -0.1) is 0 Å². The molecule has 0 amide bonds. The zero-order valence-electron chi connectivity index (χ0n) is 18.7. The SMILES string of the molecule is CC(=O)c1c(-c2ccc[nH]c2=O)c2cc(C)c(F)cc2n1Cc1cc2c(=O)[nH]c(N)nc2cc1F. The Balaban J connectivity index is 1.84. The topological polar surface area (TPSA) is 127 Å². The van der Waals surface area contributed by atoms with E-state index in [1.165, 1.54) is 29.8 Å². The standard InChI is InChI=1S/C25H19F2N5O3/c1-11-6-16-20(9-17(11)26)32(22(12(2)33)21(16)14-4-3-5-29-23(14)34)10-13-7-15-19(8-18(13)27)30-25(28)31-24(15)35/h3-9H,10H2,1-2H3,(H,29,34)(H3,28,30,31,35). The lowest BCUT2D eigenvalue weighted by Crippen LogP contribution is -2.14. The minimum absolute atomic E-state index is 0.0727. The molecular weight excluding hydrogens is 456 g/mol. The smallest absolute Gasteiger partial charge is 0.260 e. The van der Waals surface area contributed by atoms with E-state index in [1.54, 1.807) is 25.1 Å². The summed E-state index contributed by atoms with van der Waals surface area (Å²) in [7, 11) is 0. The number of carbonyl (C=O) groups excluding carboxylic acids is 1. The number of nitrogens with zero attached hydrogens (tertiary/aromatic N) is 2. The number of rotatable bonds is 4. The van der Waals surface area contributed by atoms with Crippen LogP contribution < -0.4 is 16.9 Å². The molecule has 0 fully saturated rings. The molecule has 0 aliphatic carbocycles. The average molecular weight is 475 g/mol. The number of aryl methyl sites for hydroxylation is 1. The summed E-state index contributed by atoms with van der Waals surface area (Å²) in [5, 5.41) is 0.581. The lowest BCUT2D eigenvalue weighted by Gasteiger charge is -2.12. The maximum absolute atomic E-state index is 15.1. The largest absolute Gasteiger partial charge is 0.369 e. The molecule has 8 nitrogen and oxygen atoms in total. The zero-order valence-corrected chi connectivity index (χ0v) is 18.7. The van der Waals surface area contributed by atoms with E-state index >= 15 is 4.39 Å². The van der Waals surface area contributed by atoms with Crippen molar-refractivity contribution in [3.63, 3.8) is 0 Å². The van der Waals surface area contributed by atoms with Gasteiger partial charge < -0.3 is 15.3 Å². The first-order chi connectivity index (χ1) is 16.7. The molecular formula is C25H19F2N5O3. The van der Waals surface area contributed by atoms with Crippen LogP contribution >= 0.6 is 0 Å². The number of H-pyrrole nitrogens is 2. The van der Waals surface area contributed by atoms with E-state index in [0.29, 0.717) is 22.0 Å². The molecule has 3 aromatic heterocycles. The van der Waals surface area contributed by atoms with E-state index < -0.39 is 28.5 Å². The van der Waals surface area contributed by atoms with Gasteiger partial charge in [0, 0.05) is 41.3 Å². The van der Waals surface area contributed by atoms with Crippen LogP contribution in [-0.2, 0) is 6.54 Å². The van der Waals surface area contributed by atoms with Crippen molar-refractivity contribution in [2.45, 2.75) is 20.4 Å². The van der Waals surface area contributed by atoms with E-state index in [2.05, 4.69) is 15.0 Å². The second kappa shape index (κ2) is 8.01. The van der Waals surface area contributed by atoms with Crippen molar-refractivity contribution in [1.82, 2.24) is 19.5 Å². The molecule has 0 spiro atoms. The monoisotopic (exact) mass is 475 g/mol. The van der Waals surface area contributed by atoms with Gasteiger partial charge in [0.1, 0.15) is 11.6 Å². The van der Waals surface area contributed by atoms with E-state index in [-0.39, 0.29) is 40.2 Å². The van der Waals surface area contributed by atoms with Crippen LogP contribution in [0, 0.1) is 18.6 Å². The number of carbonyl (C=O) groups is 1. The van der Waals surface area contributed by atoms with Crippen molar-refractivity contribution in [3.8, 4) is 11.1 Å². The summed E-state index contributed by atoms with van der Waals surface area (Å²) >= 11 is 0. The second-order valence-electron chi connectivity index (χ2n) is 8.31. The van der Waals surface area contributed by atoms with E-state index in [1.807, 2.05) is 0 Å². The second-order valence-corrected chi connectivity index (χ2v) is 8.31. The molecule has 5 rings (SSSR count). The van der Waals surface area contributed by atoms with Crippen molar-refractivity contribution in [2.75, 3.05) is 5.73 Å². The summed E-state index contributed by atoms with van der Waals surface area (Å²) in [6.45, 7) is 2.69. The van der Waals surface area contributed by atoms with Gasteiger partial charge in [-0.2, -0.15) is 0 Å². The molecule has 10 heteroatoms. The fraction of sp³-hybridized carbons (Fsp3) is 0.120. The number of ketones is 1. The number of nitrogen functional groups attached to an aromatic ring is 1. The number of benzene rings is 2. The normalized spacial score (nSPS) is 11.4. The first-order valence-electron chi connectivity index (χ1n) is 10.6. The molecule has 176 valence electrons. The molecule has 0 atom stereocenters. The molecule has 35 heavy (non-hydrogen) atoms. The summed E-state index contributed by atoms with van der Waals surface area (Å²) in [6.07, 6.45) is 1.46. The van der Waals surface area contributed by atoms with Crippen LogP contribution in [0.2, 0.25) is 0 Å². The lowest BCUT2D eigenvalue weighted by atomic mass is 10.0. The van der Waals surface area contributed by atoms with E-state index in [0.717, 1.165) is 6.07 Å². The molecule has 0 aliphatic heterocycles. The van der Waals surface area contributed by atoms with Crippen LogP contribution in [0.1, 0.15) is 28.5 Å². The minimum Gasteiger partial charge on any atom is -0.369 e. The summed E-state index contributed by atoms with van der Waals surface area (Å²) in [5.74, 6) is -1.74. The van der Waals surface area contributed by atoms with Crippen molar-refractivity contribution in [2.24, 2.45) is 0 Å². The van der Waals surface area contributed by atoms with Crippen LogP contribution in [0.5, 0.6) is 0 Å². The Kier molecular flexibility index (Phi) is 5.08. The van der Waals surface area contributed by atoms with Gasteiger partial charge in [0.15, 0.2) is 5.78 Å². The van der Waals surface area contributed by atoms with Crippen LogP contribution in [-0.4, -0.2) is 25.3 Å². The number of aromatic nitrogens is 4. The Morgan fingerprint density at radius 1 is 1.09 bits per heavy atom. The summed E-state index contributed by atoms with van der Waals surface area (Å²) in [6, 6.07) is 8.41. The maximum Gasteiger partial charge on any atom is 0.260 e. The third-order valence-electron chi connectivity index (χ3n) is 5.99. The highest BCUT2D eigenvalue weighted by atomic mass is 19.1. The van der Waals surface area contributed by atoms with Crippen molar-refractivity contribution < 1.29 is 13.6 Å². The maximum atomic E-state index is 15.1. The zero-order chi connectivity index (χ0) is 25.0. The van der Waals surface area contributed by atoms with Gasteiger partial charge in [0.25, 0.3) is 11.1 Å². The number of hydrogen-bond donors (Lipinski definition) is 3. The number of pyridine rings is 1. The van der Waals surface area contributed by atoms with Crippen LogP contribution in [0.3, 0.4) is 0 Å². The summed E-state index contributed by atoms with van der Waals surface area (Å²) in [5.41, 5.74) is 6.03. The molecule has 0 unspecified atom stereocenters. The van der Waals surface area contributed by atoms with Gasteiger partial charge in [0.05, 0.1) is 28.7 Å². The van der Waals surface area contributed by atoms with Crippen LogP contribution in [0.25, 0.3) is 32.9 Å². The van der Waals surface area contributed by atoms with Gasteiger partial charge in [0.2, 0.25) is 5.95 Å². The van der Waals surface area contributed by atoms with Crippen molar-refractivity contribution in [1.29, 1.82) is 0 Å². The van der Waals surface area contributed by atoms with Crippen molar-refractivity contribution >= 4 is 33.5 Å². The van der Waals surface area contributed by atoms with Gasteiger partial charge in [-0.25, -0.2) is 13.8 Å². The van der Waals surface area contributed by atoms with Gasteiger partial charge >= 0.3 is 0 Å². The highest BCUT2D eigenvalue weighted by Crippen LogP contribution is 2.36. The fourth-order valence-corrected chi connectivity index (χ4v) is 4.41. The number of hydrogen-bond acceptors (Lipinski definition) is 5. The number of aromatic amines is 2. The quantitative estimate of drug-likeness (QED) is 0.342. The summed E-state index contributed by atoms with van der Waals surface area (Å²) < 4.78 is 31.2. The molecule has 0 saturated carbocycles. The Bertz CT molecular complexity index is 1800. The molecule has 0 aliphatic rings. The predicted octanol–water partition coefficient (Wildman–Crippen LogP) is 3.65. The minimum atomic E-state index is -0.682. The number of anilines is 1. The third-order valence-corrected chi connectivity index (χ3v) is 5.99. The Morgan fingerprint density at radius 2 is 1.86 bits per heavy atom. The number of fused-ring (bicyclic) bond motifs is 2. The Morgan fingerprint density at radius 3 is 2.57 bits per heavy atom. The molecule has 4 N–H and O–H groups in total. The predicted molar refractivity (Wildman–Crippen MR) is 129 cm³/mol.